The molecule has 2 aromatic rings. The topological polar surface area (TPSA) is 91.4 Å². The molecule has 1 fully saturated rings. The minimum Gasteiger partial charge on any atom is -0.362 e. The van der Waals surface area contributed by atoms with Crippen molar-refractivity contribution in [2.24, 2.45) is 5.92 Å². The Morgan fingerprint density at radius 3 is 2.44 bits per heavy atom. The molecule has 1 saturated carbocycles. The molecule has 0 aliphatic heterocycles. The highest BCUT2D eigenvalue weighted by Gasteiger charge is 2.46. The number of hydrogen-bond donors (Lipinski definition) is 2. The summed E-state index contributed by atoms with van der Waals surface area (Å²) in [5, 5.41) is 2.75. The average Bonchev–Trinajstić information content (AvgIpc) is 3.49. The lowest BCUT2D eigenvalue weighted by Gasteiger charge is -2.19. The van der Waals surface area contributed by atoms with Crippen LogP contribution in [-0.4, -0.2) is 39.7 Å². The molecule has 7 nitrogen and oxygen atoms in total. The number of aryl methyl sites for hydroxylation is 1. The fraction of sp³-hybridized carbons (Fsp3) is 0.455. The van der Waals surface area contributed by atoms with E-state index in [0.29, 0.717) is 17.5 Å². The number of benzene rings is 1. The molecule has 1 aromatic carbocycles. The van der Waals surface area contributed by atoms with E-state index in [1.54, 1.807) is 27.9 Å². The van der Waals surface area contributed by atoms with Gasteiger partial charge in [-0.1, -0.05) is 6.07 Å². The molecular formula is C22H26F4N4O3S. The number of alkyl halides is 3. The van der Waals surface area contributed by atoms with Gasteiger partial charge in [0.1, 0.15) is 17.3 Å². The Morgan fingerprint density at radius 2 is 1.88 bits per heavy atom. The van der Waals surface area contributed by atoms with Crippen LogP contribution < -0.4 is 14.9 Å². The summed E-state index contributed by atoms with van der Waals surface area (Å²) in [4.78, 5) is 18.0. The molecule has 1 aromatic heterocycles. The van der Waals surface area contributed by atoms with E-state index in [0.717, 1.165) is 18.4 Å². The van der Waals surface area contributed by atoms with Crippen molar-refractivity contribution in [2.75, 3.05) is 30.0 Å². The summed E-state index contributed by atoms with van der Waals surface area (Å²) >= 11 is 0. The highest BCUT2D eigenvalue weighted by atomic mass is 32.2. The summed E-state index contributed by atoms with van der Waals surface area (Å²) in [6.07, 6.45) is -3.18. The Kier molecular flexibility index (Phi) is 6.84. The van der Waals surface area contributed by atoms with Crippen LogP contribution in [0.25, 0.3) is 0 Å². The van der Waals surface area contributed by atoms with Crippen molar-refractivity contribution >= 4 is 27.4 Å². The normalized spacial score (nSPS) is 18.9. The number of anilines is 2. The largest absolute Gasteiger partial charge is 0.433 e. The summed E-state index contributed by atoms with van der Waals surface area (Å²) in [6.45, 7) is 3.21. The van der Waals surface area contributed by atoms with Crippen LogP contribution >= 0.6 is 0 Å². The number of carbonyl (C=O) groups excluding carboxylic acids is 1. The number of carbonyl (C=O) groups is 1. The van der Waals surface area contributed by atoms with E-state index in [2.05, 4.69) is 15.0 Å². The summed E-state index contributed by atoms with van der Waals surface area (Å²) < 4.78 is 78.9. The summed E-state index contributed by atoms with van der Waals surface area (Å²) in [5.74, 6) is -1.66. The fourth-order valence-corrected chi connectivity index (χ4v) is 4.46. The molecule has 34 heavy (non-hydrogen) atoms. The smallest absolute Gasteiger partial charge is 0.362 e. The molecule has 3 rings (SSSR count). The molecule has 0 bridgehead atoms. The minimum atomic E-state index is -4.58. The number of nitrogens with zero attached hydrogens (tertiary/aromatic N) is 2. The molecular weight excluding hydrogens is 476 g/mol. The summed E-state index contributed by atoms with van der Waals surface area (Å²) in [5.41, 5.74) is 0.320. The van der Waals surface area contributed by atoms with Crippen molar-refractivity contribution in [3.05, 3.63) is 52.5 Å². The number of aromatic nitrogens is 1. The lowest BCUT2D eigenvalue weighted by atomic mass is 10.0. The van der Waals surface area contributed by atoms with E-state index in [1.165, 1.54) is 17.0 Å². The number of pyridine rings is 1. The highest BCUT2D eigenvalue weighted by Crippen LogP contribution is 2.50. The van der Waals surface area contributed by atoms with E-state index in [1.807, 2.05) is 0 Å². The van der Waals surface area contributed by atoms with E-state index < -0.39 is 39.7 Å². The number of nitrogens with one attached hydrogen (secondary N) is 2. The van der Waals surface area contributed by atoms with Crippen LogP contribution in [0.5, 0.6) is 0 Å². The summed E-state index contributed by atoms with van der Waals surface area (Å²) in [6, 6.07) is 4.07. The monoisotopic (exact) mass is 502 g/mol. The third-order valence-corrected chi connectivity index (χ3v) is 6.20. The lowest BCUT2D eigenvalue weighted by Crippen LogP contribution is -2.29. The highest BCUT2D eigenvalue weighted by molar-refractivity contribution is 7.92. The van der Waals surface area contributed by atoms with Gasteiger partial charge in [0.05, 0.1) is 18.0 Å². The second-order valence-corrected chi connectivity index (χ2v) is 10.5. The second kappa shape index (κ2) is 9.05. The average molecular weight is 503 g/mol. The van der Waals surface area contributed by atoms with E-state index in [-0.39, 0.29) is 28.9 Å². The van der Waals surface area contributed by atoms with Crippen LogP contribution in [0.15, 0.2) is 24.3 Å². The van der Waals surface area contributed by atoms with Crippen molar-refractivity contribution < 1.29 is 30.8 Å². The SMILES string of the molecule is Cc1cc(C(C)NC(=O)C2CC2c2ccc(C(F)(F)F)nc2N(C)C)c(F)cc1NS(C)(=O)=O. The third kappa shape index (κ3) is 5.78. The van der Waals surface area contributed by atoms with Crippen LogP contribution in [0.3, 0.4) is 0 Å². The van der Waals surface area contributed by atoms with Crippen molar-refractivity contribution in [3.63, 3.8) is 0 Å². The number of hydrogen-bond acceptors (Lipinski definition) is 5. The Hall–Kier alpha value is -2.89. The molecule has 3 atom stereocenters. The third-order valence-electron chi connectivity index (χ3n) is 5.61. The molecule has 1 aliphatic rings. The van der Waals surface area contributed by atoms with Gasteiger partial charge in [-0.2, -0.15) is 13.2 Å². The maximum absolute atomic E-state index is 14.6. The number of rotatable bonds is 7. The van der Waals surface area contributed by atoms with Gasteiger partial charge in [-0.3, -0.25) is 9.52 Å². The molecule has 2 N–H and O–H groups in total. The van der Waals surface area contributed by atoms with Gasteiger partial charge < -0.3 is 10.2 Å². The maximum atomic E-state index is 14.6. The van der Waals surface area contributed by atoms with Crippen molar-refractivity contribution in [3.8, 4) is 0 Å². The van der Waals surface area contributed by atoms with Gasteiger partial charge in [0.2, 0.25) is 15.9 Å². The molecule has 3 unspecified atom stereocenters. The van der Waals surface area contributed by atoms with Crippen LogP contribution in [-0.2, 0) is 21.0 Å². The molecule has 0 radical (unpaired) electrons. The van der Waals surface area contributed by atoms with Crippen molar-refractivity contribution in [2.45, 2.75) is 38.4 Å². The first-order valence-electron chi connectivity index (χ1n) is 10.4. The molecule has 0 spiro atoms. The molecule has 12 heteroatoms. The van der Waals surface area contributed by atoms with Gasteiger partial charge in [-0.05, 0) is 55.5 Å². The predicted molar refractivity (Wildman–Crippen MR) is 121 cm³/mol. The zero-order valence-corrected chi connectivity index (χ0v) is 20.1. The Bertz CT molecular complexity index is 1220. The van der Waals surface area contributed by atoms with Crippen LogP contribution in [0.2, 0.25) is 0 Å². The second-order valence-electron chi connectivity index (χ2n) is 8.74. The fourth-order valence-electron chi connectivity index (χ4n) is 3.84. The quantitative estimate of drug-likeness (QED) is 0.560. The van der Waals surface area contributed by atoms with Gasteiger partial charge >= 0.3 is 6.18 Å². The van der Waals surface area contributed by atoms with Gasteiger partial charge in [0.25, 0.3) is 0 Å². The number of halogens is 4. The van der Waals surface area contributed by atoms with E-state index >= 15 is 0 Å². The van der Waals surface area contributed by atoms with Crippen molar-refractivity contribution in [1.29, 1.82) is 0 Å². The standard InChI is InChI=1S/C22H26F4N4O3S/c1-11-8-14(17(23)10-18(11)29-34(5,32)33)12(2)27-21(31)16-9-15(16)13-6-7-19(22(24,25)26)28-20(13)30(3)4/h6-8,10,12,15-16,29H,9H2,1-5H3,(H,27,31). The number of amides is 1. The zero-order chi connectivity index (χ0) is 25.6. The van der Waals surface area contributed by atoms with Crippen LogP contribution in [0, 0.1) is 18.7 Å². The van der Waals surface area contributed by atoms with Crippen molar-refractivity contribution in [1.82, 2.24) is 10.3 Å². The molecule has 1 heterocycles. The molecule has 0 saturated heterocycles. The molecule has 186 valence electrons. The first-order valence-corrected chi connectivity index (χ1v) is 12.3. The van der Waals surface area contributed by atoms with Gasteiger partial charge in [0, 0.05) is 25.6 Å². The van der Waals surface area contributed by atoms with E-state index in [4.69, 9.17) is 0 Å². The Labute approximate surface area is 195 Å². The first kappa shape index (κ1) is 25.7. The predicted octanol–water partition coefficient (Wildman–Crippen LogP) is 3.97. The Morgan fingerprint density at radius 1 is 1.24 bits per heavy atom. The Balaban J connectivity index is 1.74. The van der Waals surface area contributed by atoms with Gasteiger partial charge in [-0.15, -0.1) is 0 Å². The lowest BCUT2D eigenvalue weighted by molar-refractivity contribution is -0.141. The van der Waals surface area contributed by atoms with E-state index in [9.17, 15) is 30.8 Å². The van der Waals surface area contributed by atoms with Gasteiger partial charge in [-0.25, -0.2) is 17.8 Å². The summed E-state index contributed by atoms with van der Waals surface area (Å²) in [7, 11) is -0.418. The minimum absolute atomic E-state index is 0.107. The van der Waals surface area contributed by atoms with Crippen LogP contribution in [0.4, 0.5) is 29.1 Å². The molecule has 1 amide bonds. The zero-order valence-electron chi connectivity index (χ0n) is 19.3. The molecule has 1 aliphatic carbocycles. The van der Waals surface area contributed by atoms with Crippen LogP contribution in [0.1, 0.15) is 47.7 Å². The van der Waals surface area contributed by atoms with Gasteiger partial charge in [0.15, 0.2) is 0 Å². The number of sulfonamides is 1. The maximum Gasteiger partial charge on any atom is 0.433 e. The first-order chi connectivity index (χ1) is 15.6.